The standard InChI is InChI=1S/C10H11N5O4/c1-6-9(10(16)13-11)2-8(19-6)5-14-4-7(3-12-14)15(17)18/h2-4H,5,11H2,1H3,(H,13,16). The van der Waals surface area contributed by atoms with E-state index >= 15 is 0 Å². The van der Waals surface area contributed by atoms with Crippen LogP contribution >= 0.6 is 0 Å². The maximum absolute atomic E-state index is 11.4. The minimum absolute atomic E-state index is 0.108. The lowest BCUT2D eigenvalue weighted by atomic mass is 10.2. The lowest BCUT2D eigenvalue weighted by Gasteiger charge is -1.95. The molecule has 0 fully saturated rings. The molecule has 0 aliphatic carbocycles. The summed E-state index contributed by atoms with van der Waals surface area (Å²) < 4.78 is 6.71. The number of hydrogen-bond donors (Lipinski definition) is 2. The van der Waals surface area contributed by atoms with E-state index in [1.807, 2.05) is 5.43 Å². The second-order valence-electron chi connectivity index (χ2n) is 3.81. The van der Waals surface area contributed by atoms with Crippen LogP contribution in [0.4, 0.5) is 5.69 Å². The zero-order chi connectivity index (χ0) is 14.0. The van der Waals surface area contributed by atoms with Crippen molar-refractivity contribution in [1.29, 1.82) is 0 Å². The summed E-state index contributed by atoms with van der Waals surface area (Å²) in [5.41, 5.74) is 2.22. The largest absolute Gasteiger partial charge is 0.464 e. The van der Waals surface area contributed by atoms with Crippen LogP contribution in [-0.4, -0.2) is 20.6 Å². The Bertz CT molecular complexity index is 630. The number of carbonyl (C=O) groups is 1. The molecule has 2 aromatic rings. The molecule has 0 aromatic carbocycles. The molecule has 0 saturated heterocycles. The monoisotopic (exact) mass is 265 g/mol. The number of hydrazine groups is 1. The Labute approximate surface area is 107 Å². The first kappa shape index (κ1) is 12.8. The first-order chi connectivity index (χ1) is 9.01. The maximum Gasteiger partial charge on any atom is 0.307 e. The summed E-state index contributed by atoms with van der Waals surface area (Å²) in [5, 5.41) is 14.3. The van der Waals surface area contributed by atoms with Crippen molar-refractivity contribution >= 4 is 11.6 Å². The summed E-state index contributed by atoms with van der Waals surface area (Å²) in [6.45, 7) is 1.81. The lowest BCUT2D eigenvalue weighted by molar-refractivity contribution is -0.385. The molecule has 9 heteroatoms. The van der Waals surface area contributed by atoms with Crippen LogP contribution in [0.15, 0.2) is 22.9 Å². The molecule has 0 atom stereocenters. The van der Waals surface area contributed by atoms with E-state index in [0.29, 0.717) is 17.1 Å². The van der Waals surface area contributed by atoms with E-state index in [4.69, 9.17) is 10.3 Å². The number of amides is 1. The Morgan fingerprint density at radius 1 is 1.68 bits per heavy atom. The summed E-state index contributed by atoms with van der Waals surface area (Å²) in [7, 11) is 0. The Hall–Kier alpha value is -2.68. The second kappa shape index (κ2) is 4.90. The predicted molar refractivity (Wildman–Crippen MR) is 63.1 cm³/mol. The van der Waals surface area contributed by atoms with E-state index in [2.05, 4.69) is 5.10 Å². The van der Waals surface area contributed by atoms with Crippen molar-refractivity contribution in [2.24, 2.45) is 5.84 Å². The van der Waals surface area contributed by atoms with Crippen molar-refractivity contribution in [2.75, 3.05) is 0 Å². The molecule has 0 spiro atoms. The molecule has 9 nitrogen and oxygen atoms in total. The lowest BCUT2D eigenvalue weighted by Crippen LogP contribution is -2.30. The molecule has 2 aromatic heterocycles. The van der Waals surface area contributed by atoms with Gasteiger partial charge in [0.25, 0.3) is 5.91 Å². The normalized spacial score (nSPS) is 10.4. The summed E-state index contributed by atoms with van der Waals surface area (Å²) >= 11 is 0. The molecule has 0 aliphatic rings. The van der Waals surface area contributed by atoms with Crippen molar-refractivity contribution in [2.45, 2.75) is 13.5 Å². The SMILES string of the molecule is Cc1oc(Cn2cc([N+](=O)[O-])cn2)cc1C(=O)NN. The van der Waals surface area contributed by atoms with Gasteiger partial charge in [0.15, 0.2) is 0 Å². The molecule has 0 bridgehead atoms. The highest BCUT2D eigenvalue weighted by Gasteiger charge is 2.15. The van der Waals surface area contributed by atoms with Crippen LogP contribution in [0.5, 0.6) is 0 Å². The topological polar surface area (TPSA) is 129 Å². The predicted octanol–water partition coefficient (Wildman–Crippen LogP) is 0.345. The molecule has 19 heavy (non-hydrogen) atoms. The smallest absolute Gasteiger partial charge is 0.307 e. The average molecular weight is 265 g/mol. The van der Waals surface area contributed by atoms with Gasteiger partial charge in [0.1, 0.15) is 23.9 Å². The number of furan rings is 1. The quantitative estimate of drug-likeness (QED) is 0.355. The highest BCUT2D eigenvalue weighted by Crippen LogP contribution is 2.16. The van der Waals surface area contributed by atoms with Gasteiger partial charge in [-0.15, -0.1) is 0 Å². The molecule has 100 valence electrons. The fourth-order valence-corrected chi connectivity index (χ4v) is 1.62. The number of nitrogens with one attached hydrogen (secondary N) is 1. The second-order valence-corrected chi connectivity index (χ2v) is 3.81. The third-order valence-electron chi connectivity index (χ3n) is 2.49. The van der Waals surface area contributed by atoms with Gasteiger partial charge in [0, 0.05) is 0 Å². The van der Waals surface area contributed by atoms with E-state index in [9.17, 15) is 14.9 Å². The molecule has 3 N–H and O–H groups in total. The zero-order valence-corrected chi connectivity index (χ0v) is 9.99. The number of nitrogens with zero attached hydrogens (tertiary/aromatic N) is 3. The fraction of sp³-hybridized carbons (Fsp3) is 0.200. The van der Waals surface area contributed by atoms with Crippen molar-refractivity contribution in [3.05, 3.63) is 45.7 Å². The third kappa shape index (κ3) is 2.60. The van der Waals surface area contributed by atoms with E-state index in [1.54, 1.807) is 6.92 Å². The highest BCUT2D eigenvalue weighted by molar-refractivity contribution is 5.94. The van der Waals surface area contributed by atoms with E-state index in [0.717, 1.165) is 6.20 Å². The van der Waals surface area contributed by atoms with Crippen LogP contribution in [0.1, 0.15) is 21.9 Å². The highest BCUT2D eigenvalue weighted by atomic mass is 16.6. The Kier molecular flexibility index (Phi) is 3.29. The number of aromatic nitrogens is 2. The van der Waals surface area contributed by atoms with E-state index < -0.39 is 10.8 Å². The van der Waals surface area contributed by atoms with Crippen LogP contribution in [0.2, 0.25) is 0 Å². The number of rotatable bonds is 4. The van der Waals surface area contributed by atoms with Crippen molar-refractivity contribution in [1.82, 2.24) is 15.2 Å². The van der Waals surface area contributed by atoms with Gasteiger partial charge >= 0.3 is 5.69 Å². The minimum Gasteiger partial charge on any atom is -0.464 e. The number of nitro groups is 1. The van der Waals surface area contributed by atoms with Crippen LogP contribution in [0.25, 0.3) is 0 Å². The first-order valence-electron chi connectivity index (χ1n) is 5.28. The van der Waals surface area contributed by atoms with Gasteiger partial charge in [-0.3, -0.25) is 25.0 Å². The number of nitrogens with two attached hydrogens (primary N) is 1. The molecular weight excluding hydrogens is 254 g/mol. The van der Waals surface area contributed by atoms with Gasteiger partial charge in [-0.05, 0) is 13.0 Å². The van der Waals surface area contributed by atoms with E-state index in [-0.39, 0.29) is 12.2 Å². The molecule has 0 saturated carbocycles. The molecule has 2 heterocycles. The number of nitrogen functional groups attached to an aromatic ring is 1. The van der Waals surface area contributed by atoms with Gasteiger partial charge in [-0.2, -0.15) is 5.10 Å². The average Bonchev–Trinajstić information content (AvgIpc) is 2.96. The summed E-state index contributed by atoms with van der Waals surface area (Å²) in [6.07, 6.45) is 2.42. The molecule has 1 amide bonds. The molecule has 0 aliphatic heterocycles. The van der Waals surface area contributed by atoms with Gasteiger partial charge < -0.3 is 4.42 Å². The molecule has 0 unspecified atom stereocenters. The van der Waals surface area contributed by atoms with Crippen LogP contribution in [0, 0.1) is 17.0 Å². The first-order valence-corrected chi connectivity index (χ1v) is 5.28. The van der Waals surface area contributed by atoms with Crippen molar-refractivity contribution in [3.8, 4) is 0 Å². The maximum atomic E-state index is 11.4. The molecular formula is C10H11N5O4. The minimum atomic E-state index is -0.538. The fourth-order valence-electron chi connectivity index (χ4n) is 1.62. The van der Waals surface area contributed by atoms with Crippen molar-refractivity contribution < 1.29 is 14.1 Å². The third-order valence-corrected chi connectivity index (χ3v) is 2.49. The molecule has 2 rings (SSSR count). The zero-order valence-electron chi connectivity index (χ0n) is 9.99. The van der Waals surface area contributed by atoms with Gasteiger partial charge in [0.2, 0.25) is 0 Å². The van der Waals surface area contributed by atoms with Gasteiger partial charge in [-0.25, -0.2) is 5.84 Å². The van der Waals surface area contributed by atoms with Gasteiger partial charge in [-0.1, -0.05) is 0 Å². The number of hydrogen-bond acceptors (Lipinski definition) is 6. The van der Waals surface area contributed by atoms with E-state index in [1.165, 1.54) is 16.9 Å². The Balaban J connectivity index is 2.19. The van der Waals surface area contributed by atoms with Gasteiger partial charge in [0.05, 0.1) is 17.0 Å². The summed E-state index contributed by atoms with van der Waals surface area (Å²) in [6, 6.07) is 1.52. The number of carbonyl (C=O) groups excluding carboxylic acids is 1. The van der Waals surface area contributed by atoms with Crippen LogP contribution in [-0.2, 0) is 6.54 Å². The Morgan fingerprint density at radius 2 is 2.42 bits per heavy atom. The van der Waals surface area contributed by atoms with Crippen LogP contribution in [0.3, 0.4) is 0 Å². The molecule has 0 radical (unpaired) electrons. The number of aryl methyl sites for hydroxylation is 1. The Morgan fingerprint density at radius 3 is 3.00 bits per heavy atom. The van der Waals surface area contributed by atoms with Crippen LogP contribution < -0.4 is 11.3 Å². The van der Waals surface area contributed by atoms with Crippen molar-refractivity contribution in [3.63, 3.8) is 0 Å². The summed E-state index contributed by atoms with van der Waals surface area (Å²) in [5.74, 6) is 5.45. The summed E-state index contributed by atoms with van der Waals surface area (Å²) in [4.78, 5) is 21.4.